The van der Waals surface area contributed by atoms with Gasteiger partial charge in [0.05, 0.1) is 5.92 Å². The maximum absolute atomic E-state index is 12.3. The van der Waals surface area contributed by atoms with Gasteiger partial charge in [0, 0.05) is 12.6 Å². The molecule has 0 aromatic heterocycles. The minimum Gasteiger partial charge on any atom is -0.481 e. The van der Waals surface area contributed by atoms with Gasteiger partial charge in [0.2, 0.25) is 0 Å². The molecular weight excluding hydrogens is 265 g/mol. The molecule has 0 aliphatic rings. The lowest BCUT2D eigenvalue weighted by molar-refractivity contribution is -0.142. The quantitative estimate of drug-likeness (QED) is 0.784. The number of carboxylic acids is 1. The Labute approximate surface area is 109 Å². The molecule has 1 atom stereocenters. The number of hydrogen-bond acceptors (Lipinski definition) is 2. The number of aliphatic carboxylic acids is 1. The summed E-state index contributed by atoms with van der Waals surface area (Å²) in [5, 5.41) is 10.9. The van der Waals surface area contributed by atoms with Crippen molar-refractivity contribution < 1.29 is 27.9 Å². The lowest BCUT2D eigenvalue weighted by Crippen LogP contribution is -2.48. The predicted octanol–water partition coefficient (Wildman–Crippen LogP) is 2.08. The molecule has 0 radical (unpaired) electrons. The SMILES string of the molecule is CC(CCNC(=O)N(CC(F)(F)F)C(C)C)C(=O)O. The molecule has 0 aromatic carbocycles. The van der Waals surface area contributed by atoms with Crippen LogP contribution in [0.5, 0.6) is 0 Å². The maximum atomic E-state index is 12.3. The molecule has 0 heterocycles. The second kappa shape index (κ2) is 7.20. The first-order valence-corrected chi connectivity index (χ1v) is 5.88. The third-order valence-corrected chi connectivity index (χ3v) is 2.51. The van der Waals surface area contributed by atoms with Gasteiger partial charge in [0.25, 0.3) is 0 Å². The highest BCUT2D eigenvalue weighted by atomic mass is 19.4. The summed E-state index contributed by atoms with van der Waals surface area (Å²) < 4.78 is 36.8. The van der Waals surface area contributed by atoms with Crippen LogP contribution in [-0.2, 0) is 4.79 Å². The standard InChI is InChI=1S/C11H19F3N2O3/c1-7(2)16(6-11(12,13)14)10(19)15-5-4-8(3)9(17)18/h7-8H,4-6H2,1-3H3,(H,15,19)(H,17,18). The minimum absolute atomic E-state index is 0.0212. The van der Waals surface area contributed by atoms with E-state index in [2.05, 4.69) is 5.32 Å². The normalized spacial score (nSPS) is 13.2. The molecule has 19 heavy (non-hydrogen) atoms. The largest absolute Gasteiger partial charge is 0.481 e. The van der Waals surface area contributed by atoms with Crippen LogP contribution in [0.15, 0.2) is 0 Å². The number of hydrogen-bond donors (Lipinski definition) is 2. The summed E-state index contributed by atoms with van der Waals surface area (Å²) in [6.07, 6.45) is -4.30. The molecule has 0 aromatic rings. The highest BCUT2D eigenvalue weighted by Gasteiger charge is 2.34. The first kappa shape index (κ1) is 17.5. The van der Waals surface area contributed by atoms with Crippen LogP contribution in [0.2, 0.25) is 0 Å². The summed E-state index contributed by atoms with van der Waals surface area (Å²) in [5.74, 6) is -1.67. The van der Waals surface area contributed by atoms with E-state index in [1.165, 1.54) is 20.8 Å². The monoisotopic (exact) mass is 284 g/mol. The van der Waals surface area contributed by atoms with Crippen molar-refractivity contribution in [3.05, 3.63) is 0 Å². The van der Waals surface area contributed by atoms with Gasteiger partial charge in [0.15, 0.2) is 0 Å². The predicted molar refractivity (Wildman–Crippen MR) is 62.7 cm³/mol. The first-order chi connectivity index (χ1) is 8.54. The number of carbonyl (C=O) groups excluding carboxylic acids is 1. The Morgan fingerprint density at radius 3 is 2.16 bits per heavy atom. The van der Waals surface area contributed by atoms with Gasteiger partial charge in [-0.1, -0.05) is 6.92 Å². The van der Waals surface area contributed by atoms with Crippen molar-refractivity contribution in [2.75, 3.05) is 13.1 Å². The molecule has 112 valence electrons. The number of urea groups is 1. The van der Waals surface area contributed by atoms with E-state index in [1.807, 2.05) is 0 Å². The Morgan fingerprint density at radius 2 is 1.79 bits per heavy atom. The average molecular weight is 284 g/mol. The number of rotatable bonds is 6. The first-order valence-electron chi connectivity index (χ1n) is 5.88. The molecule has 5 nitrogen and oxygen atoms in total. The molecule has 8 heteroatoms. The van der Waals surface area contributed by atoms with Crippen molar-refractivity contribution in [3.63, 3.8) is 0 Å². The van der Waals surface area contributed by atoms with Crippen molar-refractivity contribution in [2.45, 2.75) is 39.4 Å². The Balaban J connectivity index is 4.31. The number of amides is 2. The molecule has 0 bridgehead atoms. The zero-order valence-electron chi connectivity index (χ0n) is 11.1. The Bertz CT molecular complexity index is 319. The third-order valence-electron chi connectivity index (χ3n) is 2.51. The lowest BCUT2D eigenvalue weighted by atomic mass is 10.1. The van der Waals surface area contributed by atoms with E-state index in [4.69, 9.17) is 5.11 Å². The number of carbonyl (C=O) groups is 2. The van der Waals surface area contributed by atoms with E-state index in [1.54, 1.807) is 0 Å². The van der Waals surface area contributed by atoms with Gasteiger partial charge in [-0.2, -0.15) is 13.2 Å². The minimum atomic E-state index is -4.46. The molecule has 1 unspecified atom stereocenters. The molecule has 0 fully saturated rings. The van der Waals surface area contributed by atoms with Crippen LogP contribution in [0.25, 0.3) is 0 Å². The van der Waals surface area contributed by atoms with Crippen LogP contribution in [0.1, 0.15) is 27.2 Å². The fraction of sp³-hybridized carbons (Fsp3) is 0.818. The van der Waals surface area contributed by atoms with Gasteiger partial charge < -0.3 is 15.3 Å². The molecule has 0 aliphatic heterocycles. The molecule has 0 saturated carbocycles. The van der Waals surface area contributed by atoms with Crippen LogP contribution >= 0.6 is 0 Å². The van der Waals surface area contributed by atoms with Crippen LogP contribution < -0.4 is 5.32 Å². The topological polar surface area (TPSA) is 69.6 Å². The third kappa shape index (κ3) is 7.53. The highest BCUT2D eigenvalue weighted by molar-refractivity contribution is 5.74. The lowest BCUT2D eigenvalue weighted by Gasteiger charge is -2.28. The van der Waals surface area contributed by atoms with E-state index in [0.29, 0.717) is 4.90 Å². The van der Waals surface area contributed by atoms with Gasteiger partial charge in [-0.25, -0.2) is 4.79 Å². The molecule has 0 aliphatic carbocycles. The summed E-state index contributed by atoms with van der Waals surface area (Å²) >= 11 is 0. The summed E-state index contributed by atoms with van der Waals surface area (Å²) in [5.41, 5.74) is 0. The van der Waals surface area contributed by atoms with E-state index in [0.717, 1.165) is 0 Å². The molecule has 0 saturated heterocycles. The Hall–Kier alpha value is -1.47. The summed E-state index contributed by atoms with van der Waals surface area (Å²) in [6, 6.07) is -1.44. The van der Waals surface area contributed by atoms with Crippen molar-refractivity contribution in [3.8, 4) is 0 Å². The van der Waals surface area contributed by atoms with Crippen molar-refractivity contribution in [1.82, 2.24) is 10.2 Å². The van der Waals surface area contributed by atoms with Crippen LogP contribution in [0.4, 0.5) is 18.0 Å². The summed E-state index contributed by atoms with van der Waals surface area (Å²) in [4.78, 5) is 22.8. The van der Waals surface area contributed by atoms with E-state index in [-0.39, 0.29) is 13.0 Å². The molecule has 0 rings (SSSR count). The number of alkyl halides is 3. The Kier molecular flexibility index (Phi) is 6.64. The molecule has 2 amide bonds. The second-order valence-electron chi connectivity index (χ2n) is 4.60. The average Bonchev–Trinajstić information content (AvgIpc) is 2.23. The van der Waals surface area contributed by atoms with Crippen LogP contribution in [-0.4, -0.2) is 47.3 Å². The molecular formula is C11H19F3N2O3. The number of nitrogens with one attached hydrogen (secondary N) is 1. The van der Waals surface area contributed by atoms with E-state index >= 15 is 0 Å². The fourth-order valence-corrected chi connectivity index (χ4v) is 1.30. The van der Waals surface area contributed by atoms with Gasteiger partial charge in [-0.05, 0) is 20.3 Å². The zero-order valence-corrected chi connectivity index (χ0v) is 11.1. The van der Waals surface area contributed by atoms with Gasteiger partial charge in [-0.3, -0.25) is 4.79 Å². The maximum Gasteiger partial charge on any atom is 0.406 e. The number of carboxylic acid groups (broad SMARTS) is 1. The summed E-state index contributed by atoms with van der Waals surface area (Å²) in [7, 11) is 0. The molecule has 0 spiro atoms. The fourth-order valence-electron chi connectivity index (χ4n) is 1.30. The van der Waals surface area contributed by atoms with E-state index in [9.17, 15) is 22.8 Å². The smallest absolute Gasteiger partial charge is 0.406 e. The second-order valence-corrected chi connectivity index (χ2v) is 4.60. The number of halogens is 3. The van der Waals surface area contributed by atoms with E-state index < -0.39 is 36.7 Å². The van der Waals surface area contributed by atoms with Crippen LogP contribution in [0, 0.1) is 5.92 Å². The Morgan fingerprint density at radius 1 is 1.26 bits per heavy atom. The highest BCUT2D eigenvalue weighted by Crippen LogP contribution is 2.18. The zero-order chi connectivity index (χ0) is 15.2. The number of nitrogens with zero attached hydrogens (tertiary/aromatic N) is 1. The van der Waals surface area contributed by atoms with Crippen molar-refractivity contribution >= 4 is 12.0 Å². The van der Waals surface area contributed by atoms with Crippen molar-refractivity contribution in [1.29, 1.82) is 0 Å². The van der Waals surface area contributed by atoms with Gasteiger partial charge in [-0.15, -0.1) is 0 Å². The van der Waals surface area contributed by atoms with Gasteiger partial charge in [0.1, 0.15) is 6.54 Å². The van der Waals surface area contributed by atoms with Gasteiger partial charge >= 0.3 is 18.2 Å². The molecule has 2 N–H and O–H groups in total. The van der Waals surface area contributed by atoms with Crippen molar-refractivity contribution in [2.24, 2.45) is 5.92 Å². The summed E-state index contributed by atoms with van der Waals surface area (Å²) in [6.45, 7) is 3.11. The van der Waals surface area contributed by atoms with Crippen LogP contribution in [0.3, 0.4) is 0 Å².